The van der Waals surface area contributed by atoms with Crippen LogP contribution in [0.2, 0.25) is 0 Å². The Hall–Kier alpha value is -4.23. The van der Waals surface area contributed by atoms with Crippen molar-refractivity contribution in [2.24, 2.45) is 5.92 Å². The van der Waals surface area contributed by atoms with Gasteiger partial charge in [-0.2, -0.15) is 28.4 Å². The second kappa shape index (κ2) is 8.52. The number of pyridine rings is 1. The topological polar surface area (TPSA) is 135 Å². The number of aromatic hydroxyl groups is 1. The molecule has 0 aliphatic carbocycles. The van der Waals surface area contributed by atoms with Crippen LogP contribution in [0.4, 0.5) is 19.0 Å². The van der Waals surface area contributed by atoms with Crippen LogP contribution >= 0.6 is 0 Å². The Morgan fingerprint density at radius 1 is 1.09 bits per heavy atom. The molecule has 1 fully saturated rings. The Morgan fingerprint density at radius 3 is 2.49 bits per heavy atom. The van der Waals surface area contributed by atoms with Gasteiger partial charge in [0.25, 0.3) is 5.95 Å². The van der Waals surface area contributed by atoms with Crippen molar-refractivity contribution in [1.29, 1.82) is 0 Å². The van der Waals surface area contributed by atoms with Crippen LogP contribution in [0.15, 0.2) is 36.9 Å². The first kappa shape index (κ1) is 22.6. The number of carbonyl (C=O) groups is 1. The summed E-state index contributed by atoms with van der Waals surface area (Å²) >= 11 is 0. The average Bonchev–Trinajstić information content (AvgIpc) is 3.47. The summed E-state index contributed by atoms with van der Waals surface area (Å²) in [4.78, 5) is 25.3. The molecule has 5 heterocycles. The molecule has 4 aromatic heterocycles. The molecule has 5 rings (SSSR count). The molecule has 2 N–H and O–H groups in total. The van der Waals surface area contributed by atoms with E-state index in [0.717, 1.165) is 36.0 Å². The molecule has 0 saturated carbocycles. The van der Waals surface area contributed by atoms with Crippen LogP contribution < -0.4 is 4.90 Å². The highest BCUT2D eigenvalue weighted by molar-refractivity contribution is 5.87. The van der Waals surface area contributed by atoms with Crippen LogP contribution in [0.3, 0.4) is 0 Å². The van der Waals surface area contributed by atoms with E-state index in [4.69, 9.17) is 5.11 Å². The van der Waals surface area contributed by atoms with Gasteiger partial charge >= 0.3 is 12.1 Å². The van der Waals surface area contributed by atoms with Crippen molar-refractivity contribution >= 4 is 22.8 Å². The van der Waals surface area contributed by atoms with Gasteiger partial charge < -0.3 is 15.1 Å². The van der Waals surface area contributed by atoms with Crippen LogP contribution in [-0.4, -0.2) is 63.8 Å². The minimum absolute atomic E-state index is 0.0133. The molecular formula is C21H19F3N8O3. The first-order valence-electron chi connectivity index (χ1n) is 10.7. The number of aromatic carboxylic acids is 1. The van der Waals surface area contributed by atoms with Crippen LogP contribution in [0.1, 0.15) is 28.8 Å². The quantitative estimate of drug-likeness (QED) is 0.435. The minimum Gasteiger partial charge on any atom is -0.492 e. The lowest BCUT2D eigenvalue weighted by molar-refractivity contribution is -0.137. The second-order valence-corrected chi connectivity index (χ2v) is 8.22. The molecule has 0 atom stereocenters. The largest absolute Gasteiger partial charge is 0.492 e. The first-order chi connectivity index (χ1) is 16.7. The SMILES string of the molecule is O=C(O)c1cnn(-c2nc(O)c3c(cnn3CC3CCN(c4ccc(C(F)(F)F)cn4)CC3)n2)c1. The molecule has 0 bridgehead atoms. The van der Waals surface area contributed by atoms with Crippen molar-refractivity contribution in [3.8, 4) is 11.8 Å². The molecule has 4 aromatic rings. The van der Waals surface area contributed by atoms with Crippen molar-refractivity contribution in [2.75, 3.05) is 18.0 Å². The average molecular weight is 488 g/mol. The van der Waals surface area contributed by atoms with Gasteiger partial charge in [0.1, 0.15) is 16.9 Å². The number of fused-ring (bicyclic) bond motifs is 1. The second-order valence-electron chi connectivity index (χ2n) is 8.22. The summed E-state index contributed by atoms with van der Waals surface area (Å²) in [5.41, 5.74) is -0.0825. The zero-order chi connectivity index (χ0) is 24.7. The maximum absolute atomic E-state index is 12.8. The van der Waals surface area contributed by atoms with Gasteiger partial charge in [0.15, 0.2) is 0 Å². The molecular weight excluding hydrogens is 469 g/mol. The Morgan fingerprint density at radius 2 is 1.86 bits per heavy atom. The molecule has 1 aliphatic rings. The molecule has 0 aromatic carbocycles. The van der Waals surface area contributed by atoms with E-state index >= 15 is 0 Å². The van der Waals surface area contributed by atoms with Gasteiger partial charge in [-0.3, -0.25) is 4.68 Å². The number of rotatable bonds is 5. The fourth-order valence-corrected chi connectivity index (χ4v) is 4.08. The fourth-order valence-electron chi connectivity index (χ4n) is 4.08. The third-order valence-electron chi connectivity index (χ3n) is 5.94. The predicted octanol–water partition coefficient (Wildman–Crippen LogP) is 2.75. The van der Waals surface area contributed by atoms with Crippen LogP contribution in [0.25, 0.3) is 17.0 Å². The summed E-state index contributed by atoms with van der Waals surface area (Å²) in [6.45, 7) is 1.75. The van der Waals surface area contributed by atoms with E-state index in [9.17, 15) is 23.1 Å². The maximum atomic E-state index is 12.8. The van der Waals surface area contributed by atoms with Gasteiger partial charge in [-0.25, -0.2) is 19.4 Å². The van der Waals surface area contributed by atoms with Crippen LogP contribution in [0, 0.1) is 5.92 Å². The lowest BCUT2D eigenvalue weighted by Crippen LogP contribution is -2.35. The first-order valence-corrected chi connectivity index (χ1v) is 10.7. The van der Waals surface area contributed by atoms with Crippen LogP contribution in [-0.2, 0) is 12.7 Å². The number of hydrogen-bond donors (Lipinski definition) is 2. The van der Waals surface area contributed by atoms with Crippen molar-refractivity contribution in [1.82, 2.24) is 34.5 Å². The third kappa shape index (κ3) is 4.46. The monoisotopic (exact) mass is 488 g/mol. The van der Waals surface area contributed by atoms with E-state index in [2.05, 4.69) is 25.1 Å². The Labute approximate surface area is 195 Å². The molecule has 0 unspecified atom stereocenters. The standard InChI is InChI=1S/C21H19F3N8O3/c22-21(23,24)14-1-2-16(25-8-14)30-5-3-12(4-6-30)10-31-17-15(9-27-31)28-20(29-18(17)33)32-11-13(7-26-32)19(34)35/h1-2,7-9,11-12H,3-6,10H2,(H,34,35)(H,28,29,33). The number of carboxylic acids is 1. The minimum atomic E-state index is -4.42. The summed E-state index contributed by atoms with van der Waals surface area (Å²) in [7, 11) is 0. The Kier molecular flexibility index (Phi) is 5.49. The van der Waals surface area contributed by atoms with Crippen molar-refractivity contribution in [3.05, 3.63) is 48.0 Å². The van der Waals surface area contributed by atoms with Crippen LogP contribution in [0.5, 0.6) is 5.88 Å². The number of aromatic nitrogens is 7. The molecule has 35 heavy (non-hydrogen) atoms. The highest BCUT2D eigenvalue weighted by atomic mass is 19.4. The number of hydrogen-bond acceptors (Lipinski definition) is 8. The van der Waals surface area contributed by atoms with Crippen molar-refractivity contribution < 1.29 is 28.2 Å². The van der Waals surface area contributed by atoms with E-state index in [1.807, 2.05) is 4.90 Å². The van der Waals surface area contributed by atoms with Gasteiger partial charge in [-0.15, -0.1) is 0 Å². The van der Waals surface area contributed by atoms with Gasteiger partial charge in [0.05, 0.1) is 23.5 Å². The number of halogens is 3. The maximum Gasteiger partial charge on any atom is 0.417 e. The Balaban J connectivity index is 1.27. The smallest absolute Gasteiger partial charge is 0.417 e. The molecule has 0 amide bonds. The lowest BCUT2D eigenvalue weighted by Gasteiger charge is -2.32. The number of piperidine rings is 1. The Bertz CT molecular complexity index is 1370. The molecule has 11 nitrogen and oxygen atoms in total. The van der Waals surface area contributed by atoms with Crippen molar-refractivity contribution in [3.63, 3.8) is 0 Å². The predicted molar refractivity (Wildman–Crippen MR) is 115 cm³/mol. The summed E-state index contributed by atoms with van der Waals surface area (Å²) in [5, 5.41) is 27.8. The highest BCUT2D eigenvalue weighted by Gasteiger charge is 2.31. The molecule has 14 heteroatoms. The zero-order valence-electron chi connectivity index (χ0n) is 18.1. The van der Waals surface area contributed by atoms with E-state index in [1.165, 1.54) is 18.5 Å². The number of anilines is 1. The zero-order valence-corrected chi connectivity index (χ0v) is 18.1. The number of nitrogens with zero attached hydrogens (tertiary/aromatic N) is 8. The molecule has 1 aliphatic heterocycles. The molecule has 0 radical (unpaired) electrons. The van der Waals surface area contributed by atoms with E-state index in [1.54, 1.807) is 4.68 Å². The summed E-state index contributed by atoms with van der Waals surface area (Å²) in [5.74, 6) is -0.716. The van der Waals surface area contributed by atoms with Gasteiger partial charge in [0.2, 0.25) is 5.88 Å². The normalized spacial score (nSPS) is 15.1. The lowest BCUT2D eigenvalue weighted by atomic mass is 9.97. The third-order valence-corrected chi connectivity index (χ3v) is 5.94. The summed E-state index contributed by atoms with van der Waals surface area (Å²) in [6.07, 6.45) is 1.84. The van der Waals surface area contributed by atoms with Gasteiger partial charge in [0, 0.05) is 32.0 Å². The summed E-state index contributed by atoms with van der Waals surface area (Å²) in [6, 6.07) is 2.42. The number of carboxylic acid groups (broad SMARTS) is 1. The van der Waals surface area contributed by atoms with E-state index in [0.29, 0.717) is 36.5 Å². The highest BCUT2D eigenvalue weighted by Crippen LogP contribution is 2.31. The van der Waals surface area contributed by atoms with E-state index in [-0.39, 0.29) is 23.3 Å². The van der Waals surface area contributed by atoms with Gasteiger partial charge in [-0.1, -0.05) is 0 Å². The summed E-state index contributed by atoms with van der Waals surface area (Å²) < 4.78 is 41.1. The molecule has 0 spiro atoms. The fraction of sp³-hybridized carbons (Fsp3) is 0.333. The molecule has 182 valence electrons. The van der Waals surface area contributed by atoms with Gasteiger partial charge in [-0.05, 0) is 30.9 Å². The van der Waals surface area contributed by atoms with E-state index < -0.39 is 17.7 Å². The number of alkyl halides is 3. The molecule has 1 saturated heterocycles. The van der Waals surface area contributed by atoms with Crippen molar-refractivity contribution in [2.45, 2.75) is 25.6 Å².